The largest absolute Gasteiger partial charge is 0.459 e. The van der Waals surface area contributed by atoms with Crippen molar-refractivity contribution in [3.63, 3.8) is 0 Å². The Labute approximate surface area is 149 Å². The van der Waals surface area contributed by atoms with Crippen molar-refractivity contribution in [2.75, 3.05) is 5.73 Å². The van der Waals surface area contributed by atoms with Crippen molar-refractivity contribution in [2.45, 2.75) is 26.9 Å². The third-order valence-electron chi connectivity index (χ3n) is 4.54. The molecule has 0 aliphatic rings. The van der Waals surface area contributed by atoms with Gasteiger partial charge in [0.2, 0.25) is 5.95 Å². The summed E-state index contributed by atoms with van der Waals surface area (Å²) >= 11 is 0. The quantitative estimate of drug-likeness (QED) is 0.590. The van der Waals surface area contributed by atoms with Crippen LogP contribution in [0.2, 0.25) is 0 Å². The maximum atomic E-state index is 12.5. The fourth-order valence-electron chi connectivity index (χ4n) is 3.12. The average molecular weight is 349 g/mol. The number of para-hydroxylation sites is 1. The van der Waals surface area contributed by atoms with Crippen molar-refractivity contribution in [1.29, 1.82) is 0 Å². The molecule has 0 spiro atoms. The van der Waals surface area contributed by atoms with E-state index in [-0.39, 0.29) is 5.91 Å². The molecular weight excluding hydrogens is 330 g/mol. The van der Waals surface area contributed by atoms with Gasteiger partial charge in [-0.15, -0.1) is 0 Å². The number of aryl methyl sites for hydroxylation is 2. The van der Waals surface area contributed by atoms with Crippen LogP contribution in [0.15, 0.2) is 40.9 Å². The number of nitrogens with one attached hydrogen (secondary N) is 1. The monoisotopic (exact) mass is 349 g/mol. The zero-order valence-corrected chi connectivity index (χ0v) is 14.6. The number of amides is 1. The second-order valence-electron chi connectivity index (χ2n) is 6.11. The Hall–Kier alpha value is -3.35. The molecule has 0 unspecified atom stereocenters. The highest BCUT2D eigenvalue weighted by Crippen LogP contribution is 2.24. The summed E-state index contributed by atoms with van der Waals surface area (Å²) < 4.78 is 7.63. The molecule has 4 rings (SSSR count). The molecule has 0 fully saturated rings. The minimum absolute atomic E-state index is 0.233. The van der Waals surface area contributed by atoms with Crippen molar-refractivity contribution in [2.24, 2.45) is 0 Å². The summed E-state index contributed by atoms with van der Waals surface area (Å²) in [6.45, 7) is 4.94. The lowest BCUT2D eigenvalue weighted by molar-refractivity contribution is 0.0948. The number of hydrogen-bond acceptors (Lipinski definition) is 5. The van der Waals surface area contributed by atoms with E-state index >= 15 is 0 Å². The van der Waals surface area contributed by atoms with Crippen LogP contribution in [-0.4, -0.2) is 20.4 Å². The number of rotatable bonds is 4. The van der Waals surface area contributed by atoms with Crippen LogP contribution in [0.1, 0.15) is 28.6 Å². The molecule has 3 aromatic heterocycles. The SMILES string of the molecule is CCn1c(N)nc2cc(C(=O)NCc3oc4ccccc4c3C)cnc21. The van der Waals surface area contributed by atoms with Crippen molar-refractivity contribution in [1.82, 2.24) is 19.9 Å². The van der Waals surface area contributed by atoms with Crippen molar-refractivity contribution in [3.05, 3.63) is 53.4 Å². The van der Waals surface area contributed by atoms with Gasteiger partial charge in [-0.25, -0.2) is 9.97 Å². The Bertz CT molecular complexity index is 1130. The topological polar surface area (TPSA) is 99.0 Å². The zero-order chi connectivity index (χ0) is 18.3. The molecule has 4 aromatic rings. The molecule has 0 saturated carbocycles. The lowest BCUT2D eigenvalue weighted by atomic mass is 10.1. The van der Waals surface area contributed by atoms with Gasteiger partial charge < -0.3 is 15.5 Å². The van der Waals surface area contributed by atoms with E-state index in [1.54, 1.807) is 10.6 Å². The number of anilines is 1. The summed E-state index contributed by atoms with van der Waals surface area (Å²) in [5.41, 5.74) is 9.45. The van der Waals surface area contributed by atoms with Crippen LogP contribution in [0.3, 0.4) is 0 Å². The van der Waals surface area contributed by atoms with Gasteiger partial charge in [0, 0.05) is 23.7 Å². The summed E-state index contributed by atoms with van der Waals surface area (Å²) in [5.74, 6) is 0.905. The number of nitrogens with two attached hydrogens (primary N) is 1. The molecule has 0 bridgehead atoms. The summed E-state index contributed by atoms with van der Waals surface area (Å²) in [6, 6.07) is 9.52. The van der Waals surface area contributed by atoms with E-state index in [1.165, 1.54) is 6.20 Å². The summed E-state index contributed by atoms with van der Waals surface area (Å²) in [5, 5.41) is 3.93. The first-order chi connectivity index (χ1) is 12.6. The van der Waals surface area contributed by atoms with Crippen molar-refractivity contribution >= 4 is 34.0 Å². The smallest absolute Gasteiger partial charge is 0.253 e. The highest BCUT2D eigenvalue weighted by Gasteiger charge is 2.14. The number of imidazole rings is 1. The van der Waals surface area contributed by atoms with Gasteiger partial charge in [-0.05, 0) is 26.0 Å². The number of aromatic nitrogens is 3. The normalized spacial score (nSPS) is 11.3. The predicted octanol–water partition coefficient (Wildman–Crippen LogP) is 3.02. The Kier molecular flexibility index (Phi) is 3.84. The molecule has 3 heterocycles. The Balaban J connectivity index is 1.56. The van der Waals surface area contributed by atoms with E-state index < -0.39 is 0 Å². The number of furan rings is 1. The molecule has 0 aliphatic heterocycles. The Morgan fingerprint density at radius 3 is 2.92 bits per heavy atom. The molecule has 132 valence electrons. The molecule has 0 saturated heterocycles. The molecule has 0 radical (unpaired) electrons. The second-order valence-corrected chi connectivity index (χ2v) is 6.11. The fraction of sp³-hybridized carbons (Fsp3) is 0.211. The first kappa shape index (κ1) is 16.1. The van der Waals surface area contributed by atoms with Gasteiger partial charge in [0.1, 0.15) is 16.9 Å². The summed E-state index contributed by atoms with van der Waals surface area (Å²) in [6.07, 6.45) is 1.54. The third kappa shape index (κ3) is 2.57. The van der Waals surface area contributed by atoms with Crippen LogP contribution in [0.25, 0.3) is 22.1 Å². The number of nitrogen functional groups attached to an aromatic ring is 1. The Morgan fingerprint density at radius 2 is 2.15 bits per heavy atom. The first-order valence-corrected chi connectivity index (χ1v) is 8.45. The lowest BCUT2D eigenvalue weighted by Gasteiger charge is -2.04. The number of nitrogens with zero attached hydrogens (tertiary/aromatic N) is 3. The van der Waals surface area contributed by atoms with Crippen LogP contribution in [0, 0.1) is 6.92 Å². The molecule has 7 nitrogen and oxygen atoms in total. The van der Waals surface area contributed by atoms with Crippen LogP contribution >= 0.6 is 0 Å². The van der Waals surface area contributed by atoms with Crippen LogP contribution < -0.4 is 11.1 Å². The molecular formula is C19H19N5O2. The maximum absolute atomic E-state index is 12.5. The van der Waals surface area contributed by atoms with Crippen molar-refractivity contribution < 1.29 is 9.21 Å². The zero-order valence-electron chi connectivity index (χ0n) is 14.6. The first-order valence-electron chi connectivity index (χ1n) is 8.45. The number of benzene rings is 1. The molecule has 3 N–H and O–H groups in total. The molecule has 7 heteroatoms. The highest BCUT2D eigenvalue weighted by atomic mass is 16.3. The van der Waals surface area contributed by atoms with Gasteiger partial charge in [-0.2, -0.15) is 0 Å². The lowest BCUT2D eigenvalue weighted by Crippen LogP contribution is -2.23. The minimum Gasteiger partial charge on any atom is -0.459 e. The van der Waals surface area contributed by atoms with Gasteiger partial charge in [0.05, 0.1) is 12.1 Å². The number of carbonyl (C=O) groups is 1. The maximum Gasteiger partial charge on any atom is 0.253 e. The van der Waals surface area contributed by atoms with Crippen LogP contribution in [-0.2, 0) is 13.1 Å². The van der Waals surface area contributed by atoms with Gasteiger partial charge in [0.15, 0.2) is 5.65 Å². The molecule has 1 aromatic carbocycles. The van der Waals surface area contributed by atoms with Crippen LogP contribution in [0.4, 0.5) is 5.95 Å². The predicted molar refractivity (Wildman–Crippen MR) is 99.7 cm³/mol. The third-order valence-corrected chi connectivity index (χ3v) is 4.54. The van der Waals surface area contributed by atoms with Gasteiger partial charge in [0.25, 0.3) is 5.91 Å². The number of fused-ring (bicyclic) bond motifs is 2. The van der Waals surface area contributed by atoms with Crippen molar-refractivity contribution in [3.8, 4) is 0 Å². The van der Waals surface area contributed by atoms with E-state index in [4.69, 9.17) is 10.2 Å². The Morgan fingerprint density at radius 1 is 1.35 bits per heavy atom. The number of carbonyl (C=O) groups excluding carboxylic acids is 1. The minimum atomic E-state index is -0.233. The van der Waals surface area contributed by atoms with Crippen LogP contribution in [0.5, 0.6) is 0 Å². The average Bonchev–Trinajstić information content (AvgIpc) is 3.15. The standard InChI is InChI=1S/C19H19N5O2/c1-3-24-17-14(23-19(24)20)8-12(9-21-17)18(25)22-10-16-11(2)13-6-4-5-7-15(13)26-16/h4-9H,3,10H2,1-2H3,(H2,20,23)(H,22,25). The van der Waals surface area contributed by atoms with E-state index in [0.29, 0.717) is 35.8 Å². The number of pyridine rings is 1. The summed E-state index contributed by atoms with van der Waals surface area (Å²) in [7, 11) is 0. The second kappa shape index (κ2) is 6.18. The van der Waals surface area contributed by atoms with E-state index in [0.717, 1.165) is 22.3 Å². The highest BCUT2D eigenvalue weighted by molar-refractivity contribution is 5.96. The molecule has 26 heavy (non-hydrogen) atoms. The van der Waals surface area contributed by atoms with Gasteiger partial charge in [-0.3, -0.25) is 9.36 Å². The van der Waals surface area contributed by atoms with Gasteiger partial charge >= 0.3 is 0 Å². The molecule has 0 aliphatic carbocycles. The fourth-order valence-corrected chi connectivity index (χ4v) is 3.12. The van der Waals surface area contributed by atoms with E-state index in [2.05, 4.69) is 15.3 Å². The molecule has 0 atom stereocenters. The van der Waals surface area contributed by atoms with Gasteiger partial charge in [-0.1, -0.05) is 18.2 Å². The summed E-state index contributed by atoms with van der Waals surface area (Å²) in [4.78, 5) is 21.1. The van der Waals surface area contributed by atoms with E-state index in [1.807, 2.05) is 38.1 Å². The number of hydrogen-bond donors (Lipinski definition) is 2. The molecule has 1 amide bonds. The van der Waals surface area contributed by atoms with E-state index in [9.17, 15) is 4.79 Å².